The van der Waals surface area contributed by atoms with Crippen LogP contribution < -0.4 is 15.2 Å². The fourth-order valence-electron chi connectivity index (χ4n) is 6.26. The van der Waals surface area contributed by atoms with E-state index in [4.69, 9.17) is 20.0 Å². The van der Waals surface area contributed by atoms with E-state index < -0.39 is 29.7 Å². The molecule has 0 spiro atoms. The van der Waals surface area contributed by atoms with Crippen LogP contribution in [0.1, 0.15) is 17.5 Å². The summed E-state index contributed by atoms with van der Waals surface area (Å²) in [5.41, 5.74) is 7.88. The normalized spacial score (nSPS) is 30.6. The van der Waals surface area contributed by atoms with Gasteiger partial charge in [-0.1, -0.05) is 35.5 Å². The van der Waals surface area contributed by atoms with Gasteiger partial charge < -0.3 is 20.0 Å². The predicted molar refractivity (Wildman–Crippen MR) is 119 cm³/mol. The summed E-state index contributed by atoms with van der Waals surface area (Å²) < 4.78 is 11.5. The Morgan fingerprint density at radius 3 is 2.50 bits per heavy atom. The van der Waals surface area contributed by atoms with Gasteiger partial charge in [0, 0.05) is 17.4 Å². The van der Waals surface area contributed by atoms with E-state index >= 15 is 0 Å². The lowest BCUT2D eigenvalue weighted by Gasteiger charge is -2.29. The number of carbonyl (C=O) groups excluding carboxylic acids is 3. The Bertz CT molecular complexity index is 1230. The van der Waals surface area contributed by atoms with E-state index in [-0.39, 0.29) is 23.9 Å². The fraction of sp³-hybridized carbons (Fsp3) is 0.360. The van der Waals surface area contributed by atoms with Crippen LogP contribution in [0.3, 0.4) is 0 Å². The molecule has 3 fully saturated rings. The van der Waals surface area contributed by atoms with Crippen molar-refractivity contribution in [3.8, 4) is 11.5 Å². The van der Waals surface area contributed by atoms with Crippen molar-refractivity contribution >= 4 is 23.6 Å². The van der Waals surface area contributed by atoms with Crippen LogP contribution in [0.4, 0.5) is 4.79 Å². The number of hydrogen-bond donors (Lipinski definition) is 1. The number of nitrogens with two attached hydrogens (primary N) is 1. The van der Waals surface area contributed by atoms with Gasteiger partial charge in [0.05, 0.1) is 24.7 Å². The predicted octanol–water partition coefficient (Wildman–Crippen LogP) is 2.32. The van der Waals surface area contributed by atoms with Gasteiger partial charge in [-0.2, -0.15) is 4.90 Å². The standard InChI is InChI=1S/C25H23N3O6/c1-32-17-9-13(7-8-16(17)33-11-12-5-3-2-4-6-12)21-20-14-10-15(22(20)34-27-21)19-18(14)23(29)28(24(19)30)25(26)31/h2-9,14-15,18-20,22H,10-11H2,1H3,(H2,26,31). The Morgan fingerprint density at radius 2 is 1.79 bits per heavy atom. The first-order valence-electron chi connectivity index (χ1n) is 11.3. The first-order valence-corrected chi connectivity index (χ1v) is 11.3. The van der Waals surface area contributed by atoms with Crippen LogP contribution in [0.15, 0.2) is 53.7 Å². The average molecular weight is 461 g/mol. The molecule has 4 aliphatic rings. The summed E-state index contributed by atoms with van der Waals surface area (Å²) in [4.78, 5) is 43.7. The molecule has 9 nitrogen and oxygen atoms in total. The smallest absolute Gasteiger partial charge is 0.328 e. The summed E-state index contributed by atoms with van der Waals surface area (Å²) in [5, 5.41) is 4.35. The van der Waals surface area contributed by atoms with Gasteiger partial charge in [0.1, 0.15) is 12.7 Å². The number of likely N-dealkylation sites (tertiary alicyclic amines) is 1. The van der Waals surface area contributed by atoms with Crippen molar-refractivity contribution in [3.05, 3.63) is 59.7 Å². The maximum atomic E-state index is 12.9. The number of benzene rings is 2. The minimum Gasteiger partial charge on any atom is -0.493 e. The second-order valence-electron chi connectivity index (χ2n) is 9.18. The number of fused-ring (bicyclic) bond motifs is 8. The Kier molecular flexibility index (Phi) is 4.62. The molecule has 34 heavy (non-hydrogen) atoms. The monoisotopic (exact) mass is 461 g/mol. The summed E-state index contributed by atoms with van der Waals surface area (Å²) in [5.74, 6) is -1.41. The largest absolute Gasteiger partial charge is 0.493 e. The lowest BCUT2D eigenvalue weighted by molar-refractivity contribution is -0.137. The van der Waals surface area contributed by atoms with Crippen molar-refractivity contribution in [3.63, 3.8) is 0 Å². The molecule has 9 heteroatoms. The number of urea groups is 1. The van der Waals surface area contributed by atoms with Gasteiger partial charge in [0.15, 0.2) is 11.5 Å². The van der Waals surface area contributed by atoms with E-state index in [9.17, 15) is 14.4 Å². The molecule has 0 aromatic heterocycles. The Morgan fingerprint density at radius 1 is 1.06 bits per heavy atom. The molecule has 6 unspecified atom stereocenters. The highest BCUT2D eigenvalue weighted by Gasteiger charge is 2.71. The van der Waals surface area contributed by atoms with Crippen LogP contribution in [-0.2, 0) is 21.0 Å². The molecule has 2 aromatic carbocycles. The highest BCUT2D eigenvalue weighted by molar-refractivity contribution is 6.17. The van der Waals surface area contributed by atoms with Gasteiger partial charge in [-0.15, -0.1) is 0 Å². The molecule has 2 saturated carbocycles. The second kappa shape index (κ2) is 7.58. The molecule has 174 valence electrons. The number of oxime groups is 1. The molecule has 2 N–H and O–H groups in total. The summed E-state index contributed by atoms with van der Waals surface area (Å²) in [6.07, 6.45) is 0.384. The number of primary amides is 1. The van der Waals surface area contributed by atoms with Crippen LogP contribution >= 0.6 is 0 Å². The van der Waals surface area contributed by atoms with E-state index in [1.807, 2.05) is 48.5 Å². The number of hydrogen-bond acceptors (Lipinski definition) is 7. The topological polar surface area (TPSA) is 121 Å². The van der Waals surface area contributed by atoms with Crippen LogP contribution in [0.5, 0.6) is 11.5 Å². The van der Waals surface area contributed by atoms with E-state index in [0.717, 1.165) is 16.8 Å². The third kappa shape index (κ3) is 2.85. The Hall–Kier alpha value is -3.88. The van der Waals surface area contributed by atoms with Gasteiger partial charge in [-0.05, 0) is 36.1 Å². The van der Waals surface area contributed by atoms with Crippen LogP contribution in [0.2, 0.25) is 0 Å². The summed E-state index contributed by atoms with van der Waals surface area (Å²) in [6.45, 7) is 0.407. The first kappa shape index (κ1) is 20.7. The minimum atomic E-state index is -1.01. The van der Waals surface area contributed by atoms with Crippen molar-refractivity contribution in [1.82, 2.24) is 4.90 Å². The SMILES string of the molecule is COc1cc(C2=NOC3C4CC(C23)C2C(=O)N(C(N)=O)C(=O)C42)ccc1OCc1ccccc1. The average Bonchev–Trinajstić information content (AvgIpc) is 3.58. The molecule has 2 bridgehead atoms. The van der Waals surface area contributed by atoms with Gasteiger partial charge in [-0.25, -0.2) is 4.79 Å². The van der Waals surface area contributed by atoms with Crippen molar-refractivity contribution in [2.24, 2.45) is 40.5 Å². The zero-order chi connectivity index (χ0) is 23.6. The lowest BCUT2D eigenvalue weighted by Crippen LogP contribution is -2.42. The van der Waals surface area contributed by atoms with E-state index in [2.05, 4.69) is 5.16 Å². The quantitative estimate of drug-likeness (QED) is 0.683. The zero-order valence-corrected chi connectivity index (χ0v) is 18.4. The molecular formula is C25H23N3O6. The molecule has 6 rings (SSSR count). The molecule has 0 radical (unpaired) electrons. The minimum absolute atomic E-state index is 0.137. The van der Waals surface area contributed by atoms with Crippen LogP contribution in [0, 0.1) is 29.6 Å². The number of nitrogens with zero attached hydrogens (tertiary/aromatic N) is 2. The first-order chi connectivity index (χ1) is 16.5. The highest BCUT2D eigenvalue weighted by atomic mass is 16.6. The number of rotatable bonds is 5. The van der Waals surface area contributed by atoms with Gasteiger partial charge >= 0.3 is 6.03 Å². The number of amides is 4. The van der Waals surface area contributed by atoms with Crippen LogP contribution in [0.25, 0.3) is 0 Å². The molecule has 2 aromatic rings. The Balaban J connectivity index is 1.25. The van der Waals surface area contributed by atoms with Gasteiger partial charge in [0.2, 0.25) is 11.8 Å². The molecule has 1 saturated heterocycles. The number of imide groups is 3. The summed E-state index contributed by atoms with van der Waals surface area (Å²) in [6, 6.07) is 14.4. The van der Waals surface area contributed by atoms with Crippen molar-refractivity contribution in [2.45, 2.75) is 19.1 Å². The fourth-order valence-corrected chi connectivity index (χ4v) is 6.26. The molecular weight excluding hydrogens is 438 g/mol. The molecule has 6 atom stereocenters. The third-order valence-electron chi connectivity index (χ3n) is 7.61. The lowest BCUT2D eigenvalue weighted by atomic mass is 9.71. The van der Waals surface area contributed by atoms with Crippen molar-refractivity contribution < 1.29 is 28.7 Å². The second-order valence-corrected chi connectivity index (χ2v) is 9.18. The van der Waals surface area contributed by atoms with Gasteiger partial charge in [-0.3, -0.25) is 9.59 Å². The summed E-state index contributed by atoms with van der Waals surface area (Å²) in [7, 11) is 1.58. The number of ether oxygens (including phenoxy) is 2. The van der Waals surface area contributed by atoms with Crippen molar-refractivity contribution in [2.75, 3.05) is 7.11 Å². The maximum Gasteiger partial charge on any atom is 0.328 e. The third-order valence-corrected chi connectivity index (χ3v) is 7.61. The Labute approximate surface area is 195 Å². The molecule has 2 aliphatic heterocycles. The van der Waals surface area contributed by atoms with Crippen LogP contribution in [-0.4, -0.2) is 41.7 Å². The van der Waals surface area contributed by atoms with E-state index in [1.165, 1.54) is 0 Å². The number of methoxy groups -OCH3 is 1. The highest BCUT2D eigenvalue weighted by Crippen LogP contribution is 2.61. The van der Waals surface area contributed by atoms with E-state index in [1.54, 1.807) is 7.11 Å². The summed E-state index contributed by atoms with van der Waals surface area (Å²) >= 11 is 0. The molecule has 2 heterocycles. The van der Waals surface area contributed by atoms with Gasteiger partial charge in [0.25, 0.3) is 0 Å². The zero-order valence-electron chi connectivity index (χ0n) is 18.4. The molecule has 4 amide bonds. The van der Waals surface area contributed by atoms with E-state index in [0.29, 0.717) is 29.4 Å². The van der Waals surface area contributed by atoms with Crippen molar-refractivity contribution in [1.29, 1.82) is 0 Å². The molecule has 2 aliphatic carbocycles. The number of carbonyl (C=O) groups is 3. The maximum absolute atomic E-state index is 12.9.